The van der Waals surface area contributed by atoms with Crippen molar-refractivity contribution < 1.29 is 0 Å². The second-order valence-corrected chi connectivity index (χ2v) is 8.74. The van der Waals surface area contributed by atoms with E-state index in [0.717, 1.165) is 12.3 Å². The van der Waals surface area contributed by atoms with E-state index in [1.54, 1.807) is 11.1 Å². The average molecular weight is 377 g/mol. The number of hydrogen-bond donors (Lipinski definition) is 0. The normalized spacial score (nSPS) is 16.4. The molecule has 1 rings (SSSR count). The Kier molecular flexibility index (Phi) is 18.5. The first kappa shape index (κ1) is 26.5. The molecule has 1 aliphatic rings. The second kappa shape index (κ2) is 18.8. The zero-order valence-electron chi connectivity index (χ0n) is 19.8. The highest BCUT2D eigenvalue weighted by molar-refractivity contribution is 5.18. The fourth-order valence-electron chi connectivity index (χ4n) is 4.31. The lowest BCUT2D eigenvalue weighted by Gasteiger charge is -2.06. The van der Waals surface area contributed by atoms with Crippen LogP contribution in [-0.4, -0.2) is 0 Å². The van der Waals surface area contributed by atoms with Crippen molar-refractivity contribution in [1.29, 1.82) is 0 Å². The average Bonchev–Trinajstić information content (AvgIpc) is 3.00. The van der Waals surface area contributed by atoms with Crippen LogP contribution in [0.1, 0.15) is 144 Å². The minimum absolute atomic E-state index is 0.922. The lowest BCUT2D eigenvalue weighted by molar-refractivity contribution is 0.538. The Hall–Kier alpha value is -0.520. The van der Waals surface area contributed by atoms with Gasteiger partial charge in [-0.1, -0.05) is 115 Å². The quantitative estimate of drug-likeness (QED) is 0.185. The Morgan fingerprint density at radius 2 is 1.22 bits per heavy atom. The summed E-state index contributed by atoms with van der Waals surface area (Å²) in [6.45, 7) is 15.1. The minimum Gasteiger partial charge on any atom is -0.0999 e. The van der Waals surface area contributed by atoms with Gasteiger partial charge >= 0.3 is 0 Å². The Morgan fingerprint density at radius 1 is 0.778 bits per heavy atom. The van der Waals surface area contributed by atoms with Crippen LogP contribution in [0, 0.1) is 5.92 Å². The highest BCUT2D eigenvalue weighted by Gasteiger charge is 2.16. The van der Waals surface area contributed by atoms with E-state index in [4.69, 9.17) is 0 Å². The molecule has 0 spiro atoms. The number of allylic oxidation sites excluding steroid dienone is 3. The van der Waals surface area contributed by atoms with Gasteiger partial charge in [0.1, 0.15) is 0 Å². The molecule has 0 aromatic heterocycles. The molecule has 1 atom stereocenters. The van der Waals surface area contributed by atoms with Gasteiger partial charge < -0.3 is 0 Å². The summed E-state index contributed by atoms with van der Waals surface area (Å²) in [4.78, 5) is 0. The van der Waals surface area contributed by atoms with Crippen LogP contribution in [0.25, 0.3) is 0 Å². The summed E-state index contributed by atoms with van der Waals surface area (Å²) in [5.74, 6) is 0.922. The van der Waals surface area contributed by atoms with Crippen LogP contribution in [0.4, 0.5) is 0 Å². The molecule has 0 fully saturated rings. The molecule has 1 aliphatic carbocycles. The molecule has 0 heterocycles. The molecule has 1 unspecified atom stereocenters. The molecule has 0 nitrogen and oxygen atoms in total. The summed E-state index contributed by atoms with van der Waals surface area (Å²) in [7, 11) is 0. The SMILES string of the molecule is C=C(CC)CCCCCCCCCCCCCCC1=C(C)CC(C)C1.CC. The van der Waals surface area contributed by atoms with Crippen molar-refractivity contribution >= 4 is 0 Å². The maximum atomic E-state index is 4.09. The van der Waals surface area contributed by atoms with Gasteiger partial charge in [-0.3, -0.25) is 0 Å². The van der Waals surface area contributed by atoms with E-state index >= 15 is 0 Å². The van der Waals surface area contributed by atoms with E-state index in [9.17, 15) is 0 Å². The molecular formula is C27H52. The maximum absolute atomic E-state index is 4.09. The van der Waals surface area contributed by atoms with Crippen molar-refractivity contribution in [3.05, 3.63) is 23.3 Å². The molecule has 0 aromatic carbocycles. The molecule has 160 valence electrons. The predicted molar refractivity (Wildman–Crippen MR) is 127 cm³/mol. The summed E-state index contributed by atoms with van der Waals surface area (Å²) in [5, 5.41) is 0. The van der Waals surface area contributed by atoms with E-state index in [1.807, 2.05) is 13.8 Å². The molecule has 0 saturated heterocycles. The summed E-state index contributed by atoms with van der Waals surface area (Å²) in [6.07, 6.45) is 23.9. The molecule has 0 N–H and O–H groups in total. The first-order chi connectivity index (χ1) is 13.1. The van der Waals surface area contributed by atoms with Gasteiger partial charge in [-0.2, -0.15) is 0 Å². The predicted octanol–water partition coefficient (Wildman–Crippen LogP) is 10.2. The van der Waals surface area contributed by atoms with E-state index in [1.165, 1.54) is 108 Å². The van der Waals surface area contributed by atoms with E-state index in [-0.39, 0.29) is 0 Å². The monoisotopic (exact) mass is 376 g/mol. The lowest BCUT2D eigenvalue weighted by Crippen LogP contribution is -1.87. The summed E-state index contributed by atoms with van der Waals surface area (Å²) in [6, 6.07) is 0. The molecule has 27 heavy (non-hydrogen) atoms. The van der Waals surface area contributed by atoms with Crippen molar-refractivity contribution in [1.82, 2.24) is 0 Å². The van der Waals surface area contributed by atoms with Crippen LogP contribution < -0.4 is 0 Å². The molecular weight excluding hydrogens is 324 g/mol. The molecule has 0 bridgehead atoms. The molecule has 0 heteroatoms. The van der Waals surface area contributed by atoms with Gasteiger partial charge in [0, 0.05) is 0 Å². The standard InChI is InChI=1S/C25H46.C2H6/c1-5-22(2)18-16-14-12-10-8-6-7-9-11-13-15-17-19-25-21-23(3)20-24(25)4;1-2/h23H,2,5-21H2,1,3-4H3;1-2H3. The molecule has 0 aliphatic heterocycles. The Labute approximate surface area is 173 Å². The van der Waals surface area contributed by atoms with Gasteiger partial charge in [-0.25, -0.2) is 0 Å². The molecule has 0 saturated carbocycles. The zero-order valence-corrected chi connectivity index (χ0v) is 19.8. The molecule has 0 amide bonds. The summed E-state index contributed by atoms with van der Waals surface area (Å²) in [5.41, 5.74) is 4.94. The summed E-state index contributed by atoms with van der Waals surface area (Å²) >= 11 is 0. The van der Waals surface area contributed by atoms with Crippen molar-refractivity contribution in [2.45, 2.75) is 144 Å². The topological polar surface area (TPSA) is 0 Å². The minimum atomic E-state index is 0.922. The Balaban J connectivity index is 0.00000326. The first-order valence-electron chi connectivity index (χ1n) is 12.5. The number of rotatable bonds is 16. The summed E-state index contributed by atoms with van der Waals surface area (Å²) < 4.78 is 0. The van der Waals surface area contributed by atoms with Gasteiger partial charge in [0.05, 0.1) is 0 Å². The lowest BCUT2D eigenvalue weighted by atomic mass is 10.0. The third kappa shape index (κ3) is 15.1. The fraction of sp³-hybridized carbons (Fsp3) is 0.852. The van der Waals surface area contributed by atoms with E-state index in [0.29, 0.717) is 0 Å². The van der Waals surface area contributed by atoms with Crippen molar-refractivity contribution in [3.8, 4) is 0 Å². The number of hydrogen-bond acceptors (Lipinski definition) is 0. The second-order valence-electron chi connectivity index (χ2n) is 8.74. The van der Waals surface area contributed by atoms with Crippen LogP contribution in [-0.2, 0) is 0 Å². The zero-order chi connectivity index (χ0) is 20.3. The van der Waals surface area contributed by atoms with Gasteiger partial charge in [-0.15, -0.1) is 0 Å². The first-order valence-corrected chi connectivity index (χ1v) is 12.5. The Bertz CT molecular complexity index is 373. The largest absolute Gasteiger partial charge is 0.0999 e. The number of unbranched alkanes of at least 4 members (excludes halogenated alkanes) is 11. The van der Waals surface area contributed by atoms with Crippen LogP contribution in [0.15, 0.2) is 23.3 Å². The van der Waals surface area contributed by atoms with E-state index in [2.05, 4.69) is 27.4 Å². The van der Waals surface area contributed by atoms with Gasteiger partial charge in [0.25, 0.3) is 0 Å². The van der Waals surface area contributed by atoms with Crippen molar-refractivity contribution in [2.75, 3.05) is 0 Å². The smallest absolute Gasteiger partial charge is 0.0289 e. The maximum Gasteiger partial charge on any atom is -0.0289 e. The molecule has 0 radical (unpaired) electrons. The fourth-order valence-corrected chi connectivity index (χ4v) is 4.31. The van der Waals surface area contributed by atoms with Crippen molar-refractivity contribution in [2.24, 2.45) is 5.92 Å². The van der Waals surface area contributed by atoms with Crippen LogP contribution in [0.5, 0.6) is 0 Å². The third-order valence-corrected chi connectivity index (χ3v) is 6.11. The third-order valence-electron chi connectivity index (χ3n) is 6.11. The van der Waals surface area contributed by atoms with Crippen LogP contribution in [0.2, 0.25) is 0 Å². The van der Waals surface area contributed by atoms with Crippen LogP contribution >= 0.6 is 0 Å². The van der Waals surface area contributed by atoms with E-state index < -0.39 is 0 Å². The molecule has 0 aromatic rings. The highest BCUT2D eigenvalue weighted by atomic mass is 14.2. The van der Waals surface area contributed by atoms with Crippen LogP contribution in [0.3, 0.4) is 0 Å². The van der Waals surface area contributed by atoms with Gasteiger partial charge in [0.15, 0.2) is 0 Å². The van der Waals surface area contributed by atoms with Gasteiger partial charge in [-0.05, 0) is 57.8 Å². The Morgan fingerprint density at radius 3 is 1.63 bits per heavy atom. The highest BCUT2D eigenvalue weighted by Crippen LogP contribution is 2.33. The van der Waals surface area contributed by atoms with Gasteiger partial charge in [0.2, 0.25) is 0 Å². The van der Waals surface area contributed by atoms with Crippen molar-refractivity contribution in [3.63, 3.8) is 0 Å².